The third kappa shape index (κ3) is 3.78. The SMILES string of the molecule is CCOC(=O)CN(c1ccc2c(c1)OCO2)S(=O)(=O)c1ccc(Br)cc1. The average Bonchev–Trinajstić information content (AvgIpc) is 3.08. The van der Waals surface area contributed by atoms with Gasteiger partial charge in [0.25, 0.3) is 10.0 Å². The van der Waals surface area contributed by atoms with Crippen LogP contribution in [0.2, 0.25) is 0 Å². The Bertz CT molecular complexity index is 913. The second kappa shape index (κ2) is 7.55. The van der Waals surface area contributed by atoms with Gasteiger partial charge in [-0.05, 0) is 43.3 Å². The van der Waals surface area contributed by atoms with Crippen molar-refractivity contribution in [3.05, 3.63) is 46.9 Å². The molecule has 0 radical (unpaired) electrons. The van der Waals surface area contributed by atoms with Gasteiger partial charge in [-0.1, -0.05) is 15.9 Å². The molecule has 138 valence electrons. The number of hydrogen-bond donors (Lipinski definition) is 0. The van der Waals surface area contributed by atoms with E-state index < -0.39 is 22.5 Å². The topological polar surface area (TPSA) is 82.1 Å². The molecular weight excluding hydrogens is 426 g/mol. The Labute approximate surface area is 159 Å². The third-order valence-corrected chi connectivity index (χ3v) is 5.94. The van der Waals surface area contributed by atoms with Gasteiger partial charge >= 0.3 is 5.97 Å². The molecule has 0 aliphatic carbocycles. The molecule has 0 bridgehead atoms. The van der Waals surface area contributed by atoms with E-state index in [0.717, 1.165) is 8.78 Å². The minimum absolute atomic E-state index is 0.0580. The summed E-state index contributed by atoms with van der Waals surface area (Å²) in [4.78, 5) is 12.1. The Kier molecular flexibility index (Phi) is 5.38. The summed E-state index contributed by atoms with van der Waals surface area (Å²) in [5, 5.41) is 0. The smallest absolute Gasteiger partial charge is 0.326 e. The molecule has 26 heavy (non-hydrogen) atoms. The van der Waals surface area contributed by atoms with Crippen LogP contribution in [-0.4, -0.2) is 34.3 Å². The first-order valence-corrected chi connectivity index (χ1v) is 9.98. The van der Waals surface area contributed by atoms with Crippen LogP contribution < -0.4 is 13.8 Å². The van der Waals surface area contributed by atoms with Crippen molar-refractivity contribution < 1.29 is 27.4 Å². The molecule has 0 fully saturated rings. The number of rotatable bonds is 6. The van der Waals surface area contributed by atoms with E-state index in [0.29, 0.717) is 11.5 Å². The second-order valence-electron chi connectivity index (χ2n) is 5.31. The zero-order valence-electron chi connectivity index (χ0n) is 13.8. The summed E-state index contributed by atoms with van der Waals surface area (Å²) in [7, 11) is -3.99. The quantitative estimate of drug-likeness (QED) is 0.640. The summed E-state index contributed by atoms with van der Waals surface area (Å²) in [6.07, 6.45) is 0. The number of nitrogens with zero attached hydrogens (tertiary/aromatic N) is 1. The second-order valence-corrected chi connectivity index (χ2v) is 8.09. The molecule has 0 aromatic heterocycles. The van der Waals surface area contributed by atoms with Crippen molar-refractivity contribution in [2.75, 3.05) is 24.2 Å². The van der Waals surface area contributed by atoms with E-state index >= 15 is 0 Å². The van der Waals surface area contributed by atoms with Crippen LogP contribution in [-0.2, 0) is 19.6 Å². The van der Waals surface area contributed by atoms with Crippen molar-refractivity contribution in [2.24, 2.45) is 0 Å². The van der Waals surface area contributed by atoms with Gasteiger partial charge in [0.05, 0.1) is 17.2 Å². The van der Waals surface area contributed by atoms with Crippen molar-refractivity contribution in [3.63, 3.8) is 0 Å². The molecule has 0 N–H and O–H groups in total. The average molecular weight is 442 g/mol. The lowest BCUT2D eigenvalue weighted by molar-refractivity contribution is -0.141. The van der Waals surface area contributed by atoms with Crippen molar-refractivity contribution in [1.82, 2.24) is 0 Å². The van der Waals surface area contributed by atoms with Crippen LogP contribution in [0.15, 0.2) is 51.8 Å². The van der Waals surface area contributed by atoms with Crippen LogP contribution in [0.1, 0.15) is 6.92 Å². The van der Waals surface area contributed by atoms with E-state index in [4.69, 9.17) is 14.2 Å². The molecule has 0 saturated carbocycles. The van der Waals surface area contributed by atoms with Gasteiger partial charge in [-0.3, -0.25) is 9.10 Å². The lowest BCUT2D eigenvalue weighted by atomic mass is 10.3. The number of hydrogen-bond acceptors (Lipinski definition) is 6. The highest BCUT2D eigenvalue weighted by atomic mass is 79.9. The predicted octanol–water partition coefficient (Wildman–Crippen LogP) is 2.94. The van der Waals surface area contributed by atoms with Crippen molar-refractivity contribution in [3.8, 4) is 11.5 Å². The first kappa shape index (κ1) is 18.5. The number of sulfonamides is 1. The largest absolute Gasteiger partial charge is 0.465 e. The molecule has 0 saturated heterocycles. The molecule has 0 unspecified atom stereocenters. The van der Waals surface area contributed by atoms with Gasteiger partial charge in [0.1, 0.15) is 6.54 Å². The van der Waals surface area contributed by atoms with E-state index in [2.05, 4.69) is 15.9 Å². The molecule has 2 aromatic rings. The number of benzene rings is 2. The van der Waals surface area contributed by atoms with E-state index in [9.17, 15) is 13.2 Å². The van der Waals surface area contributed by atoms with Crippen LogP contribution in [0.3, 0.4) is 0 Å². The Morgan fingerprint density at radius 2 is 1.85 bits per heavy atom. The van der Waals surface area contributed by atoms with Crippen LogP contribution in [0.25, 0.3) is 0 Å². The Hall–Kier alpha value is -2.26. The Balaban J connectivity index is 2.02. The summed E-state index contributed by atoms with van der Waals surface area (Å²) < 4.78 is 43.5. The molecule has 1 aliphatic rings. The lowest BCUT2D eigenvalue weighted by Crippen LogP contribution is -2.36. The number of anilines is 1. The van der Waals surface area contributed by atoms with Gasteiger partial charge in [0.2, 0.25) is 6.79 Å². The standard InChI is InChI=1S/C17H16BrNO6S/c1-2-23-17(20)10-19(13-5-8-15-16(9-13)25-11-24-15)26(21,22)14-6-3-12(18)4-7-14/h3-9H,2,10-11H2,1H3. The molecule has 3 rings (SSSR count). The molecular formula is C17H16BrNO6S. The highest BCUT2D eigenvalue weighted by Crippen LogP contribution is 2.37. The summed E-state index contributed by atoms with van der Waals surface area (Å²) >= 11 is 3.28. The first-order chi connectivity index (χ1) is 12.4. The summed E-state index contributed by atoms with van der Waals surface area (Å²) in [6.45, 7) is 1.43. The van der Waals surface area contributed by atoms with Crippen LogP contribution in [0.4, 0.5) is 5.69 Å². The lowest BCUT2D eigenvalue weighted by Gasteiger charge is -2.23. The Morgan fingerprint density at radius 1 is 1.15 bits per heavy atom. The summed E-state index contributed by atoms with van der Waals surface area (Å²) in [5.41, 5.74) is 0.283. The maximum Gasteiger partial charge on any atom is 0.326 e. The fourth-order valence-corrected chi connectivity index (χ4v) is 4.08. The van der Waals surface area contributed by atoms with Gasteiger partial charge in [-0.25, -0.2) is 8.42 Å². The maximum atomic E-state index is 13.1. The monoisotopic (exact) mass is 441 g/mol. The maximum absolute atomic E-state index is 13.1. The molecule has 2 aromatic carbocycles. The molecule has 9 heteroatoms. The number of carbonyl (C=O) groups excluding carboxylic acids is 1. The van der Waals surface area contributed by atoms with Gasteiger partial charge in [0.15, 0.2) is 11.5 Å². The Morgan fingerprint density at radius 3 is 2.54 bits per heavy atom. The fraction of sp³-hybridized carbons (Fsp3) is 0.235. The minimum Gasteiger partial charge on any atom is -0.465 e. The number of halogens is 1. The van der Waals surface area contributed by atoms with Crippen LogP contribution >= 0.6 is 15.9 Å². The molecule has 0 amide bonds. The van der Waals surface area contributed by atoms with Crippen LogP contribution in [0.5, 0.6) is 11.5 Å². The van der Waals surface area contributed by atoms with Gasteiger partial charge in [-0.15, -0.1) is 0 Å². The highest BCUT2D eigenvalue weighted by Gasteiger charge is 2.29. The molecule has 1 heterocycles. The minimum atomic E-state index is -3.99. The first-order valence-electron chi connectivity index (χ1n) is 7.75. The number of ether oxygens (including phenoxy) is 3. The number of esters is 1. The van der Waals surface area contributed by atoms with E-state index in [-0.39, 0.29) is 24.0 Å². The molecule has 7 nitrogen and oxygen atoms in total. The van der Waals surface area contributed by atoms with E-state index in [1.165, 1.54) is 18.2 Å². The highest BCUT2D eigenvalue weighted by molar-refractivity contribution is 9.10. The molecule has 0 spiro atoms. The zero-order chi connectivity index (χ0) is 18.7. The molecule has 0 atom stereocenters. The summed E-state index contributed by atoms with van der Waals surface area (Å²) in [5.74, 6) is 0.291. The normalized spacial score (nSPS) is 12.7. The summed E-state index contributed by atoms with van der Waals surface area (Å²) in [6, 6.07) is 10.9. The van der Waals surface area contributed by atoms with Gasteiger partial charge in [-0.2, -0.15) is 0 Å². The number of fused-ring (bicyclic) bond motifs is 1. The number of carbonyl (C=O) groups is 1. The van der Waals surface area contributed by atoms with Crippen molar-refractivity contribution >= 4 is 37.6 Å². The van der Waals surface area contributed by atoms with Gasteiger partial charge in [0, 0.05) is 10.5 Å². The van der Waals surface area contributed by atoms with Crippen molar-refractivity contribution in [1.29, 1.82) is 0 Å². The zero-order valence-corrected chi connectivity index (χ0v) is 16.2. The predicted molar refractivity (Wildman–Crippen MR) is 97.9 cm³/mol. The van der Waals surface area contributed by atoms with Crippen molar-refractivity contribution in [2.45, 2.75) is 11.8 Å². The third-order valence-electron chi connectivity index (χ3n) is 3.62. The van der Waals surface area contributed by atoms with Gasteiger partial charge < -0.3 is 14.2 Å². The van der Waals surface area contributed by atoms with Crippen LogP contribution in [0, 0.1) is 0 Å². The fourth-order valence-electron chi connectivity index (χ4n) is 2.41. The van der Waals surface area contributed by atoms with E-state index in [1.54, 1.807) is 31.2 Å². The molecule has 1 aliphatic heterocycles. The van der Waals surface area contributed by atoms with E-state index in [1.807, 2.05) is 0 Å².